The van der Waals surface area contributed by atoms with Gasteiger partial charge in [-0.2, -0.15) is 0 Å². The van der Waals surface area contributed by atoms with E-state index in [0.29, 0.717) is 41.8 Å². The lowest BCUT2D eigenvalue weighted by Crippen LogP contribution is -2.28. The van der Waals surface area contributed by atoms with E-state index in [1.54, 1.807) is 56.3 Å². The number of benzene rings is 3. The van der Waals surface area contributed by atoms with Crippen LogP contribution < -0.4 is 9.47 Å². The standard InChI is InChI=1S/C25H24ClN3O4/c1-25(2,24(30)31)17-8-11-19(12-9-17)32-14-5-15-33-23-13-10-18(26)16-22(23)29-27-20-6-3-4-7-21(20)28-29/h3-4,6-13,16H,5,14-15H2,1-2H3,(H,30,31). The molecule has 0 spiro atoms. The van der Waals surface area contributed by atoms with E-state index in [9.17, 15) is 9.90 Å². The zero-order valence-corrected chi connectivity index (χ0v) is 19.1. The molecule has 8 heteroatoms. The maximum absolute atomic E-state index is 11.4. The van der Waals surface area contributed by atoms with Crippen LogP contribution in [0.2, 0.25) is 5.02 Å². The number of hydrogen-bond donors (Lipinski definition) is 1. The fourth-order valence-corrected chi connectivity index (χ4v) is 3.43. The Bertz CT molecular complexity index is 1240. The number of carboxylic acids is 1. The minimum atomic E-state index is -0.946. The molecule has 0 saturated heterocycles. The van der Waals surface area contributed by atoms with Crippen LogP contribution in [0.4, 0.5) is 0 Å². The first-order chi connectivity index (χ1) is 15.8. The first kappa shape index (κ1) is 22.6. The number of hydrogen-bond acceptors (Lipinski definition) is 5. The van der Waals surface area contributed by atoms with E-state index in [4.69, 9.17) is 21.1 Å². The van der Waals surface area contributed by atoms with Crippen LogP contribution in [-0.4, -0.2) is 39.3 Å². The van der Waals surface area contributed by atoms with Crippen molar-refractivity contribution in [2.75, 3.05) is 13.2 Å². The molecule has 0 atom stereocenters. The van der Waals surface area contributed by atoms with Gasteiger partial charge in [0, 0.05) is 11.4 Å². The smallest absolute Gasteiger partial charge is 0.313 e. The van der Waals surface area contributed by atoms with Gasteiger partial charge in [-0.15, -0.1) is 15.0 Å². The van der Waals surface area contributed by atoms with Crippen molar-refractivity contribution in [3.05, 3.63) is 77.3 Å². The molecule has 1 aromatic heterocycles. The normalized spacial score (nSPS) is 11.5. The molecule has 0 aliphatic carbocycles. The summed E-state index contributed by atoms with van der Waals surface area (Å²) >= 11 is 6.20. The number of rotatable bonds is 9. The van der Waals surface area contributed by atoms with E-state index < -0.39 is 11.4 Å². The van der Waals surface area contributed by atoms with Gasteiger partial charge in [0.15, 0.2) is 0 Å². The Labute approximate surface area is 196 Å². The Hall–Kier alpha value is -3.58. The molecular formula is C25H24ClN3O4. The zero-order valence-electron chi connectivity index (χ0n) is 18.4. The predicted molar refractivity (Wildman–Crippen MR) is 127 cm³/mol. The molecule has 1 N–H and O–H groups in total. The number of aliphatic carboxylic acids is 1. The van der Waals surface area contributed by atoms with Crippen molar-refractivity contribution in [2.45, 2.75) is 25.7 Å². The van der Waals surface area contributed by atoms with Crippen LogP contribution in [-0.2, 0) is 10.2 Å². The van der Waals surface area contributed by atoms with E-state index in [1.807, 2.05) is 24.3 Å². The quantitative estimate of drug-likeness (QED) is 0.338. The Morgan fingerprint density at radius 2 is 1.61 bits per heavy atom. The van der Waals surface area contributed by atoms with Gasteiger partial charge in [-0.25, -0.2) is 0 Å². The van der Waals surface area contributed by atoms with Gasteiger partial charge in [0.25, 0.3) is 0 Å². The topological polar surface area (TPSA) is 86.5 Å². The van der Waals surface area contributed by atoms with Gasteiger partial charge in [0.1, 0.15) is 28.2 Å². The van der Waals surface area contributed by atoms with Gasteiger partial charge in [-0.05, 0) is 61.9 Å². The van der Waals surface area contributed by atoms with Crippen molar-refractivity contribution >= 4 is 28.6 Å². The lowest BCUT2D eigenvalue weighted by molar-refractivity contribution is -0.142. The lowest BCUT2D eigenvalue weighted by Gasteiger charge is -2.19. The zero-order chi connectivity index (χ0) is 23.4. The minimum absolute atomic E-state index is 0.430. The highest BCUT2D eigenvalue weighted by Gasteiger charge is 2.29. The minimum Gasteiger partial charge on any atom is -0.493 e. The molecule has 170 valence electrons. The average Bonchev–Trinajstić information content (AvgIpc) is 3.24. The number of ether oxygens (including phenoxy) is 2. The summed E-state index contributed by atoms with van der Waals surface area (Å²) in [5.41, 5.74) is 2.01. The molecule has 0 fully saturated rings. The Morgan fingerprint density at radius 1 is 0.970 bits per heavy atom. The number of aromatic nitrogens is 3. The summed E-state index contributed by atoms with van der Waals surface area (Å²) in [6, 6.07) is 20.1. The summed E-state index contributed by atoms with van der Waals surface area (Å²) < 4.78 is 11.7. The highest BCUT2D eigenvalue weighted by molar-refractivity contribution is 6.30. The van der Waals surface area contributed by atoms with Crippen LogP contribution in [0.5, 0.6) is 11.5 Å². The molecular weight excluding hydrogens is 442 g/mol. The third-order valence-corrected chi connectivity index (χ3v) is 5.58. The molecule has 0 radical (unpaired) electrons. The number of carbonyl (C=O) groups is 1. The van der Waals surface area contributed by atoms with Crippen LogP contribution in [0, 0.1) is 0 Å². The van der Waals surface area contributed by atoms with Gasteiger partial charge in [-0.3, -0.25) is 4.79 Å². The largest absolute Gasteiger partial charge is 0.493 e. The fraction of sp³-hybridized carbons (Fsp3) is 0.240. The van der Waals surface area contributed by atoms with E-state index >= 15 is 0 Å². The summed E-state index contributed by atoms with van der Waals surface area (Å²) in [4.78, 5) is 12.9. The molecule has 0 unspecified atom stereocenters. The monoisotopic (exact) mass is 465 g/mol. The van der Waals surface area contributed by atoms with Gasteiger partial charge >= 0.3 is 5.97 Å². The fourth-order valence-electron chi connectivity index (χ4n) is 3.26. The molecule has 0 aliphatic heterocycles. The molecule has 7 nitrogen and oxygen atoms in total. The van der Waals surface area contributed by atoms with Crippen LogP contribution in [0.25, 0.3) is 16.7 Å². The first-order valence-electron chi connectivity index (χ1n) is 10.6. The molecule has 0 bridgehead atoms. The summed E-state index contributed by atoms with van der Waals surface area (Å²) in [5.74, 6) is 0.438. The number of carboxylic acid groups (broad SMARTS) is 1. The summed E-state index contributed by atoms with van der Waals surface area (Å²) in [7, 11) is 0. The molecule has 0 amide bonds. The maximum Gasteiger partial charge on any atom is 0.313 e. The van der Waals surface area contributed by atoms with E-state index in [0.717, 1.165) is 16.6 Å². The second kappa shape index (κ2) is 9.50. The highest BCUT2D eigenvalue weighted by atomic mass is 35.5. The maximum atomic E-state index is 11.4. The molecule has 0 aliphatic rings. The van der Waals surface area contributed by atoms with Gasteiger partial charge in [0.05, 0.1) is 18.6 Å². The van der Waals surface area contributed by atoms with Crippen LogP contribution in [0.1, 0.15) is 25.8 Å². The van der Waals surface area contributed by atoms with Crippen molar-refractivity contribution in [3.8, 4) is 17.2 Å². The van der Waals surface area contributed by atoms with Gasteiger partial charge in [0.2, 0.25) is 0 Å². The van der Waals surface area contributed by atoms with Crippen LogP contribution in [0.3, 0.4) is 0 Å². The van der Waals surface area contributed by atoms with Crippen molar-refractivity contribution in [1.29, 1.82) is 0 Å². The van der Waals surface area contributed by atoms with E-state index in [1.165, 1.54) is 4.80 Å². The number of fused-ring (bicyclic) bond motifs is 1. The van der Waals surface area contributed by atoms with Crippen molar-refractivity contribution in [3.63, 3.8) is 0 Å². The molecule has 4 aromatic rings. The number of halogens is 1. The molecule has 4 rings (SSSR count). The van der Waals surface area contributed by atoms with Crippen molar-refractivity contribution in [1.82, 2.24) is 15.0 Å². The average molecular weight is 466 g/mol. The summed E-state index contributed by atoms with van der Waals surface area (Å²) in [6.45, 7) is 4.23. The first-order valence-corrected chi connectivity index (χ1v) is 10.9. The Morgan fingerprint density at radius 3 is 2.24 bits per heavy atom. The number of nitrogens with zero attached hydrogens (tertiary/aromatic N) is 3. The Balaban J connectivity index is 1.34. The van der Waals surface area contributed by atoms with Crippen molar-refractivity contribution < 1.29 is 19.4 Å². The summed E-state index contributed by atoms with van der Waals surface area (Å²) in [5, 5.41) is 18.9. The van der Waals surface area contributed by atoms with Crippen LogP contribution >= 0.6 is 11.6 Å². The lowest BCUT2D eigenvalue weighted by atomic mass is 9.85. The van der Waals surface area contributed by atoms with Gasteiger partial charge in [-0.1, -0.05) is 35.9 Å². The summed E-state index contributed by atoms with van der Waals surface area (Å²) in [6.07, 6.45) is 0.652. The van der Waals surface area contributed by atoms with Crippen molar-refractivity contribution in [2.24, 2.45) is 0 Å². The van der Waals surface area contributed by atoms with E-state index in [-0.39, 0.29) is 0 Å². The Kier molecular flexibility index (Phi) is 6.51. The second-order valence-corrected chi connectivity index (χ2v) is 8.53. The third kappa shape index (κ3) is 5.09. The van der Waals surface area contributed by atoms with Gasteiger partial charge < -0.3 is 14.6 Å². The molecule has 1 heterocycles. The molecule has 3 aromatic carbocycles. The van der Waals surface area contributed by atoms with Crippen LogP contribution in [0.15, 0.2) is 66.7 Å². The second-order valence-electron chi connectivity index (χ2n) is 8.10. The SMILES string of the molecule is CC(C)(C(=O)O)c1ccc(OCCCOc2ccc(Cl)cc2-n2nc3ccccc3n2)cc1. The molecule has 33 heavy (non-hydrogen) atoms. The van der Waals surface area contributed by atoms with E-state index in [2.05, 4.69) is 10.2 Å². The predicted octanol–water partition coefficient (Wildman–Crippen LogP) is 5.28. The third-order valence-electron chi connectivity index (χ3n) is 5.35. The molecule has 0 saturated carbocycles. The highest BCUT2D eigenvalue weighted by Crippen LogP contribution is 2.27.